The Hall–Kier alpha value is -0.770. The van der Waals surface area contributed by atoms with E-state index < -0.39 is 0 Å². The van der Waals surface area contributed by atoms with E-state index in [0.717, 1.165) is 18.4 Å². The Morgan fingerprint density at radius 2 is 2.00 bits per heavy atom. The van der Waals surface area contributed by atoms with E-state index in [0.29, 0.717) is 12.3 Å². The lowest BCUT2D eigenvalue weighted by Gasteiger charge is -2.00. The van der Waals surface area contributed by atoms with Crippen molar-refractivity contribution in [2.24, 2.45) is 0 Å². The van der Waals surface area contributed by atoms with Crippen LogP contribution in [0.15, 0.2) is 11.6 Å². The summed E-state index contributed by atoms with van der Waals surface area (Å²) < 4.78 is 0. The standard InChI is InChI=1S/C11H19NO2S/c1-4-5-9(2)8-11(14)15-7-6-12-10(3)13/h8H,4-7H2,1-3H3,(H,12,13)/b9-8+. The van der Waals surface area contributed by atoms with Gasteiger partial charge in [0.15, 0.2) is 0 Å². The van der Waals surface area contributed by atoms with E-state index in [1.54, 1.807) is 6.08 Å². The first-order chi connectivity index (χ1) is 7.06. The molecule has 1 amide bonds. The van der Waals surface area contributed by atoms with E-state index in [9.17, 15) is 9.59 Å². The highest BCUT2D eigenvalue weighted by Gasteiger charge is 1.99. The molecule has 0 saturated carbocycles. The summed E-state index contributed by atoms with van der Waals surface area (Å²) in [6.07, 6.45) is 3.71. The summed E-state index contributed by atoms with van der Waals surface area (Å²) in [5.41, 5.74) is 1.12. The molecule has 0 heterocycles. The third-order valence-corrected chi connectivity index (χ3v) is 2.54. The number of allylic oxidation sites excluding steroid dienone is 1. The zero-order valence-electron chi connectivity index (χ0n) is 9.63. The minimum absolute atomic E-state index is 0.0549. The molecular formula is C11H19NO2S. The molecule has 0 aromatic heterocycles. The van der Waals surface area contributed by atoms with Crippen molar-refractivity contribution in [3.63, 3.8) is 0 Å². The number of carbonyl (C=O) groups excluding carboxylic acids is 2. The fraction of sp³-hybridized carbons (Fsp3) is 0.636. The molecule has 0 aliphatic carbocycles. The minimum Gasteiger partial charge on any atom is -0.356 e. The van der Waals surface area contributed by atoms with Gasteiger partial charge < -0.3 is 5.32 Å². The average Bonchev–Trinajstić information content (AvgIpc) is 2.12. The third kappa shape index (κ3) is 9.53. The number of amides is 1. The van der Waals surface area contributed by atoms with Crippen molar-refractivity contribution in [2.45, 2.75) is 33.6 Å². The van der Waals surface area contributed by atoms with Crippen LogP contribution in [-0.2, 0) is 9.59 Å². The highest BCUT2D eigenvalue weighted by atomic mass is 32.2. The molecule has 0 atom stereocenters. The normalized spacial score (nSPS) is 11.3. The van der Waals surface area contributed by atoms with E-state index >= 15 is 0 Å². The number of rotatable bonds is 6. The van der Waals surface area contributed by atoms with E-state index in [1.807, 2.05) is 6.92 Å². The Kier molecular flexibility index (Phi) is 8.09. The Balaban J connectivity index is 3.65. The van der Waals surface area contributed by atoms with Crippen LogP contribution < -0.4 is 5.32 Å². The Bertz CT molecular complexity index is 249. The lowest BCUT2D eigenvalue weighted by molar-refractivity contribution is -0.118. The van der Waals surface area contributed by atoms with Gasteiger partial charge in [0.05, 0.1) is 0 Å². The molecule has 0 aliphatic heterocycles. The molecule has 86 valence electrons. The highest BCUT2D eigenvalue weighted by molar-refractivity contribution is 8.14. The van der Waals surface area contributed by atoms with Crippen LogP contribution in [0.3, 0.4) is 0 Å². The van der Waals surface area contributed by atoms with Gasteiger partial charge in [0.25, 0.3) is 0 Å². The van der Waals surface area contributed by atoms with Gasteiger partial charge in [-0.15, -0.1) is 0 Å². The summed E-state index contributed by atoms with van der Waals surface area (Å²) in [5.74, 6) is 0.578. The van der Waals surface area contributed by atoms with Crippen molar-refractivity contribution in [3.8, 4) is 0 Å². The van der Waals surface area contributed by atoms with Gasteiger partial charge in [0, 0.05) is 19.2 Å². The van der Waals surface area contributed by atoms with Crippen LogP contribution in [-0.4, -0.2) is 23.3 Å². The summed E-state index contributed by atoms with van der Waals surface area (Å²) in [5, 5.41) is 2.72. The highest BCUT2D eigenvalue weighted by Crippen LogP contribution is 2.08. The molecule has 0 unspecified atom stereocenters. The third-order valence-electron chi connectivity index (χ3n) is 1.73. The van der Waals surface area contributed by atoms with E-state index in [4.69, 9.17) is 0 Å². The summed E-state index contributed by atoms with van der Waals surface area (Å²) in [4.78, 5) is 21.9. The number of hydrogen-bond donors (Lipinski definition) is 1. The van der Waals surface area contributed by atoms with Crippen molar-refractivity contribution in [3.05, 3.63) is 11.6 Å². The molecule has 0 aromatic carbocycles. The fourth-order valence-corrected chi connectivity index (χ4v) is 1.78. The summed E-state index contributed by atoms with van der Waals surface area (Å²) in [7, 11) is 0. The maximum Gasteiger partial charge on any atom is 0.216 e. The molecule has 0 fully saturated rings. The molecule has 0 saturated heterocycles. The van der Waals surface area contributed by atoms with Gasteiger partial charge >= 0.3 is 0 Å². The largest absolute Gasteiger partial charge is 0.356 e. The van der Waals surface area contributed by atoms with E-state index in [-0.39, 0.29) is 11.0 Å². The van der Waals surface area contributed by atoms with E-state index in [2.05, 4.69) is 12.2 Å². The maximum atomic E-state index is 11.3. The average molecular weight is 229 g/mol. The lowest BCUT2D eigenvalue weighted by Crippen LogP contribution is -2.22. The molecule has 0 aromatic rings. The number of carbonyl (C=O) groups is 2. The van der Waals surface area contributed by atoms with Crippen molar-refractivity contribution >= 4 is 22.8 Å². The van der Waals surface area contributed by atoms with Crippen LogP contribution in [0.25, 0.3) is 0 Å². The second-order valence-electron chi connectivity index (χ2n) is 3.39. The summed E-state index contributed by atoms with van der Waals surface area (Å²) in [6.45, 7) is 6.08. The van der Waals surface area contributed by atoms with Crippen molar-refractivity contribution in [1.29, 1.82) is 0 Å². The first kappa shape index (κ1) is 14.2. The topological polar surface area (TPSA) is 46.2 Å². The SMILES string of the molecule is CCC/C(C)=C/C(=O)SCCNC(C)=O. The number of nitrogens with one attached hydrogen (secondary N) is 1. The molecule has 3 nitrogen and oxygen atoms in total. The van der Waals surface area contributed by atoms with Crippen LogP contribution in [0.1, 0.15) is 33.6 Å². The molecule has 0 radical (unpaired) electrons. The second-order valence-corrected chi connectivity index (χ2v) is 4.49. The minimum atomic E-state index is -0.0549. The van der Waals surface area contributed by atoms with Gasteiger partial charge in [0.2, 0.25) is 11.0 Å². The maximum absolute atomic E-state index is 11.3. The van der Waals surface area contributed by atoms with Gasteiger partial charge in [-0.05, 0) is 19.4 Å². The fourth-order valence-electron chi connectivity index (χ4n) is 1.09. The number of thioether (sulfide) groups is 1. The molecule has 0 bridgehead atoms. The second kappa shape index (κ2) is 8.53. The Morgan fingerprint density at radius 3 is 2.53 bits per heavy atom. The molecule has 0 rings (SSSR count). The van der Waals surface area contributed by atoms with Gasteiger partial charge in [-0.1, -0.05) is 30.7 Å². The van der Waals surface area contributed by atoms with E-state index in [1.165, 1.54) is 18.7 Å². The predicted molar refractivity (Wildman–Crippen MR) is 64.8 cm³/mol. The van der Waals surface area contributed by atoms with Crippen LogP contribution in [0.4, 0.5) is 0 Å². The summed E-state index contributed by atoms with van der Waals surface area (Å²) in [6, 6.07) is 0. The zero-order valence-corrected chi connectivity index (χ0v) is 10.4. The van der Waals surface area contributed by atoms with Gasteiger partial charge in [-0.25, -0.2) is 0 Å². The van der Waals surface area contributed by atoms with Crippen molar-refractivity contribution < 1.29 is 9.59 Å². The van der Waals surface area contributed by atoms with Crippen LogP contribution in [0.5, 0.6) is 0 Å². The first-order valence-electron chi connectivity index (χ1n) is 5.14. The van der Waals surface area contributed by atoms with Crippen LogP contribution in [0.2, 0.25) is 0 Å². The molecule has 15 heavy (non-hydrogen) atoms. The monoisotopic (exact) mass is 229 g/mol. The lowest BCUT2D eigenvalue weighted by atomic mass is 10.2. The summed E-state index contributed by atoms with van der Waals surface area (Å²) >= 11 is 1.24. The van der Waals surface area contributed by atoms with Gasteiger partial charge in [0.1, 0.15) is 0 Å². The molecule has 0 aliphatic rings. The van der Waals surface area contributed by atoms with Gasteiger partial charge in [-0.3, -0.25) is 9.59 Å². The zero-order chi connectivity index (χ0) is 11.7. The predicted octanol–water partition coefficient (Wildman–Crippen LogP) is 2.13. The quantitative estimate of drug-likeness (QED) is 0.560. The molecule has 0 spiro atoms. The van der Waals surface area contributed by atoms with Crippen molar-refractivity contribution in [1.82, 2.24) is 5.32 Å². The number of hydrogen-bond acceptors (Lipinski definition) is 3. The smallest absolute Gasteiger partial charge is 0.216 e. The molecule has 1 N–H and O–H groups in total. The molecule has 4 heteroatoms. The first-order valence-corrected chi connectivity index (χ1v) is 6.13. The van der Waals surface area contributed by atoms with Crippen LogP contribution in [0, 0.1) is 0 Å². The van der Waals surface area contributed by atoms with Crippen LogP contribution >= 0.6 is 11.8 Å². The molecular weight excluding hydrogens is 210 g/mol. The Morgan fingerprint density at radius 1 is 1.33 bits per heavy atom. The van der Waals surface area contributed by atoms with Crippen molar-refractivity contribution in [2.75, 3.05) is 12.3 Å². The van der Waals surface area contributed by atoms with Gasteiger partial charge in [-0.2, -0.15) is 0 Å². The Labute approximate surface area is 95.7 Å².